The molecule has 0 bridgehead atoms. The number of halogens is 2. The van der Waals surface area contributed by atoms with Crippen molar-refractivity contribution in [3.63, 3.8) is 0 Å². The number of nitrogens with zero attached hydrogens (tertiary/aromatic N) is 1. The van der Waals surface area contributed by atoms with Gasteiger partial charge in [-0.1, -0.05) is 23.2 Å². The lowest BCUT2D eigenvalue weighted by Crippen LogP contribution is -2.34. The van der Waals surface area contributed by atoms with Gasteiger partial charge in [0.1, 0.15) is 0 Å². The van der Waals surface area contributed by atoms with E-state index in [1.807, 2.05) is 0 Å². The average molecular weight is 323 g/mol. The minimum atomic E-state index is -1.01. The fourth-order valence-corrected chi connectivity index (χ4v) is 2.13. The summed E-state index contributed by atoms with van der Waals surface area (Å²) in [7, 11) is 1.55. The number of aliphatic hydroxyl groups is 1. The normalized spacial score (nSPS) is 13.8. The van der Waals surface area contributed by atoms with E-state index in [2.05, 4.69) is 5.32 Å². The zero-order chi connectivity index (χ0) is 15.3. The standard InChI is InChI=1S/C12H16Cl2N2O4/c1-12(17,3-4-20-2)7-15-11-9(13)5-8(16(18)19)6-10(11)14/h5-6,15,17H,3-4,7H2,1-2H3. The minimum absolute atomic E-state index is 0.131. The average Bonchev–Trinajstić information content (AvgIpc) is 2.35. The summed E-state index contributed by atoms with van der Waals surface area (Å²) in [6, 6.07) is 2.42. The summed E-state index contributed by atoms with van der Waals surface area (Å²) in [5.74, 6) is 0. The van der Waals surface area contributed by atoms with Crippen molar-refractivity contribution in [3.05, 3.63) is 32.3 Å². The molecule has 1 aromatic rings. The number of anilines is 1. The number of nitrogens with one attached hydrogen (secondary N) is 1. The van der Waals surface area contributed by atoms with Gasteiger partial charge in [0.25, 0.3) is 5.69 Å². The molecule has 0 aliphatic carbocycles. The van der Waals surface area contributed by atoms with E-state index in [1.54, 1.807) is 14.0 Å². The van der Waals surface area contributed by atoms with E-state index in [1.165, 1.54) is 12.1 Å². The molecular formula is C12H16Cl2N2O4. The first-order valence-electron chi connectivity index (χ1n) is 5.85. The van der Waals surface area contributed by atoms with Gasteiger partial charge < -0.3 is 15.2 Å². The summed E-state index contributed by atoms with van der Waals surface area (Å²) in [5, 5.41) is 23.9. The molecule has 0 radical (unpaired) electrons. The van der Waals surface area contributed by atoms with Crippen LogP contribution in [0.25, 0.3) is 0 Å². The Balaban J connectivity index is 2.81. The molecule has 0 saturated carbocycles. The number of hydrogen-bond acceptors (Lipinski definition) is 5. The van der Waals surface area contributed by atoms with Crippen LogP contribution in [0.2, 0.25) is 10.0 Å². The van der Waals surface area contributed by atoms with Crippen LogP contribution in [0.4, 0.5) is 11.4 Å². The van der Waals surface area contributed by atoms with Gasteiger partial charge in [0.05, 0.1) is 26.3 Å². The third-order valence-electron chi connectivity index (χ3n) is 2.73. The number of non-ortho nitro benzene ring substituents is 1. The van der Waals surface area contributed by atoms with Crippen molar-refractivity contribution in [1.29, 1.82) is 0 Å². The maximum atomic E-state index is 10.7. The Morgan fingerprint density at radius 2 is 2.00 bits per heavy atom. The van der Waals surface area contributed by atoms with Gasteiger partial charge >= 0.3 is 0 Å². The van der Waals surface area contributed by atoms with E-state index >= 15 is 0 Å². The second kappa shape index (κ2) is 7.08. The van der Waals surface area contributed by atoms with E-state index in [9.17, 15) is 15.2 Å². The predicted molar refractivity (Wildman–Crippen MR) is 78.7 cm³/mol. The number of rotatable bonds is 7. The molecule has 2 N–H and O–H groups in total. The molecule has 0 aliphatic rings. The number of methoxy groups -OCH3 is 1. The van der Waals surface area contributed by atoms with Crippen LogP contribution in [-0.2, 0) is 4.74 Å². The van der Waals surface area contributed by atoms with Gasteiger partial charge in [-0.05, 0) is 6.92 Å². The molecule has 0 fully saturated rings. The van der Waals surface area contributed by atoms with E-state index in [0.29, 0.717) is 18.7 Å². The molecule has 112 valence electrons. The van der Waals surface area contributed by atoms with E-state index in [-0.39, 0.29) is 22.3 Å². The first kappa shape index (κ1) is 17.0. The van der Waals surface area contributed by atoms with Crippen molar-refractivity contribution < 1.29 is 14.8 Å². The Bertz CT molecular complexity index is 471. The summed E-state index contributed by atoms with van der Waals surface area (Å²) < 4.78 is 4.90. The number of benzene rings is 1. The number of nitro groups is 1. The molecule has 0 spiro atoms. The van der Waals surface area contributed by atoms with Gasteiger partial charge in [-0.3, -0.25) is 10.1 Å². The zero-order valence-electron chi connectivity index (χ0n) is 11.2. The fraction of sp³-hybridized carbons (Fsp3) is 0.500. The van der Waals surface area contributed by atoms with E-state index < -0.39 is 10.5 Å². The van der Waals surface area contributed by atoms with Gasteiger partial charge in [-0.15, -0.1) is 0 Å². The fourth-order valence-electron chi connectivity index (χ4n) is 1.52. The van der Waals surface area contributed by atoms with Gasteiger partial charge in [0.2, 0.25) is 0 Å². The highest BCUT2D eigenvalue weighted by atomic mass is 35.5. The van der Waals surface area contributed by atoms with Crippen LogP contribution in [0, 0.1) is 10.1 Å². The maximum Gasteiger partial charge on any atom is 0.272 e. The largest absolute Gasteiger partial charge is 0.388 e. The predicted octanol–water partition coefficient (Wildman–Crippen LogP) is 3.10. The molecule has 0 aliphatic heterocycles. The van der Waals surface area contributed by atoms with Crippen molar-refractivity contribution in [2.24, 2.45) is 0 Å². The van der Waals surface area contributed by atoms with Crippen LogP contribution in [0.3, 0.4) is 0 Å². The van der Waals surface area contributed by atoms with Crippen molar-refractivity contribution in [2.75, 3.05) is 25.6 Å². The molecule has 0 saturated heterocycles. The van der Waals surface area contributed by atoms with Crippen LogP contribution in [0.1, 0.15) is 13.3 Å². The molecule has 1 rings (SSSR count). The molecule has 1 atom stereocenters. The van der Waals surface area contributed by atoms with Crippen LogP contribution < -0.4 is 5.32 Å². The summed E-state index contributed by atoms with van der Waals surface area (Å²) in [5.41, 5.74) is -0.835. The van der Waals surface area contributed by atoms with E-state index in [4.69, 9.17) is 27.9 Å². The van der Waals surface area contributed by atoms with Gasteiger partial charge in [-0.25, -0.2) is 0 Å². The molecule has 1 unspecified atom stereocenters. The Kier molecular flexibility index (Phi) is 6.01. The Hall–Kier alpha value is -1.08. The molecule has 0 heterocycles. The molecule has 6 nitrogen and oxygen atoms in total. The number of nitro benzene ring substituents is 1. The van der Waals surface area contributed by atoms with Crippen molar-refractivity contribution in [2.45, 2.75) is 18.9 Å². The van der Waals surface area contributed by atoms with Gasteiger partial charge in [0, 0.05) is 38.8 Å². The Labute approximate surface area is 126 Å². The SMILES string of the molecule is COCCC(C)(O)CNc1c(Cl)cc([N+](=O)[O-])cc1Cl. The second-order valence-corrected chi connectivity index (χ2v) is 5.45. The van der Waals surface area contributed by atoms with Gasteiger partial charge in [-0.2, -0.15) is 0 Å². The monoisotopic (exact) mass is 322 g/mol. The van der Waals surface area contributed by atoms with Crippen molar-refractivity contribution in [1.82, 2.24) is 0 Å². The highest BCUT2D eigenvalue weighted by Gasteiger charge is 2.22. The van der Waals surface area contributed by atoms with E-state index in [0.717, 1.165) is 0 Å². The highest BCUT2D eigenvalue weighted by molar-refractivity contribution is 6.39. The molecule has 1 aromatic carbocycles. The smallest absolute Gasteiger partial charge is 0.272 e. The van der Waals surface area contributed by atoms with Crippen molar-refractivity contribution in [3.8, 4) is 0 Å². The van der Waals surface area contributed by atoms with Gasteiger partial charge in [0.15, 0.2) is 0 Å². The lowest BCUT2D eigenvalue weighted by atomic mass is 10.0. The lowest BCUT2D eigenvalue weighted by molar-refractivity contribution is -0.384. The lowest BCUT2D eigenvalue weighted by Gasteiger charge is -2.24. The van der Waals surface area contributed by atoms with Crippen LogP contribution >= 0.6 is 23.2 Å². The summed E-state index contributed by atoms with van der Waals surface area (Å²) in [6.45, 7) is 2.25. The molecule has 20 heavy (non-hydrogen) atoms. The third kappa shape index (κ3) is 4.79. The second-order valence-electron chi connectivity index (χ2n) is 4.63. The third-order valence-corrected chi connectivity index (χ3v) is 3.32. The molecule has 0 aromatic heterocycles. The molecule has 8 heteroatoms. The Morgan fingerprint density at radius 3 is 2.45 bits per heavy atom. The topological polar surface area (TPSA) is 84.6 Å². The maximum absolute atomic E-state index is 10.7. The van der Waals surface area contributed by atoms with Crippen LogP contribution in [0.5, 0.6) is 0 Å². The zero-order valence-corrected chi connectivity index (χ0v) is 12.7. The number of ether oxygens (including phenoxy) is 1. The molecular weight excluding hydrogens is 307 g/mol. The first-order chi connectivity index (χ1) is 9.26. The number of hydrogen-bond donors (Lipinski definition) is 2. The van der Waals surface area contributed by atoms with Crippen LogP contribution in [0.15, 0.2) is 12.1 Å². The summed E-state index contributed by atoms with van der Waals surface area (Å²) >= 11 is 11.9. The Morgan fingerprint density at radius 1 is 1.45 bits per heavy atom. The first-order valence-corrected chi connectivity index (χ1v) is 6.61. The summed E-state index contributed by atoms with van der Waals surface area (Å²) in [4.78, 5) is 10.1. The van der Waals surface area contributed by atoms with Crippen molar-refractivity contribution >= 4 is 34.6 Å². The van der Waals surface area contributed by atoms with Crippen LogP contribution in [-0.4, -0.2) is 35.9 Å². The summed E-state index contributed by atoms with van der Waals surface area (Å²) in [6.07, 6.45) is 0.429. The molecule has 0 amide bonds. The minimum Gasteiger partial charge on any atom is -0.388 e. The highest BCUT2D eigenvalue weighted by Crippen LogP contribution is 2.35. The quantitative estimate of drug-likeness (QED) is 0.595.